The van der Waals surface area contributed by atoms with Crippen LogP contribution in [0.1, 0.15) is 5.56 Å². The highest BCUT2D eigenvalue weighted by atomic mass is 14.9. The first-order chi connectivity index (χ1) is 4.88. The molecule has 0 atom stereocenters. The van der Waals surface area contributed by atoms with Crippen molar-refractivity contribution in [3.05, 3.63) is 24.2 Å². The molecule has 2 aromatic heterocycles. The third-order valence-electron chi connectivity index (χ3n) is 1.47. The number of imidazole rings is 1. The van der Waals surface area contributed by atoms with E-state index in [-0.39, 0.29) is 0 Å². The van der Waals surface area contributed by atoms with Crippen LogP contribution in [0.5, 0.6) is 0 Å². The smallest absolute Gasteiger partial charge is 0.175 e. The number of rotatable bonds is 0. The Morgan fingerprint density at radius 2 is 2.50 bits per heavy atom. The van der Waals surface area contributed by atoms with Crippen molar-refractivity contribution in [2.75, 3.05) is 0 Å². The first-order valence-corrected chi connectivity index (χ1v) is 3.05. The van der Waals surface area contributed by atoms with E-state index in [0.29, 0.717) is 0 Å². The van der Waals surface area contributed by atoms with E-state index in [2.05, 4.69) is 21.3 Å². The molecule has 0 saturated heterocycles. The number of fused-ring (bicyclic) bond motifs is 1. The molecule has 0 aliphatic carbocycles. The number of aromatic nitrogens is 3. The lowest BCUT2D eigenvalue weighted by atomic mass is 10.3. The van der Waals surface area contributed by atoms with E-state index in [0.717, 1.165) is 16.7 Å². The lowest BCUT2D eigenvalue weighted by Gasteiger charge is -1.89. The zero-order valence-electron chi connectivity index (χ0n) is 5.55. The minimum absolute atomic E-state index is 0.806. The highest BCUT2D eigenvalue weighted by Gasteiger charge is 1.97. The molecule has 0 bridgehead atoms. The Bertz CT molecular complexity index is 350. The van der Waals surface area contributed by atoms with Crippen molar-refractivity contribution in [2.45, 2.75) is 6.92 Å². The summed E-state index contributed by atoms with van der Waals surface area (Å²) in [7, 11) is 0. The summed E-state index contributed by atoms with van der Waals surface area (Å²) < 4.78 is 0. The van der Waals surface area contributed by atoms with Gasteiger partial charge in [-0.05, 0) is 18.6 Å². The molecule has 0 amide bonds. The van der Waals surface area contributed by atoms with Gasteiger partial charge in [0.2, 0.25) is 0 Å². The van der Waals surface area contributed by atoms with Crippen LogP contribution in [0.3, 0.4) is 0 Å². The van der Waals surface area contributed by atoms with E-state index in [1.807, 2.05) is 13.0 Å². The lowest BCUT2D eigenvalue weighted by Crippen LogP contribution is -1.78. The summed E-state index contributed by atoms with van der Waals surface area (Å²) in [6.07, 6.45) is 4.39. The molecule has 0 aliphatic heterocycles. The van der Waals surface area contributed by atoms with Gasteiger partial charge in [0.05, 0.1) is 0 Å². The molecule has 10 heavy (non-hydrogen) atoms. The van der Waals surface area contributed by atoms with Gasteiger partial charge in [-0.15, -0.1) is 0 Å². The van der Waals surface area contributed by atoms with E-state index >= 15 is 0 Å². The number of hydrogen-bond acceptors (Lipinski definition) is 2. The van der Waals surface area contributed by atoms with Crippen molar-refractivity contribution in [3.63, 3.8) is 0 Å². The van der Waals surface area contributed by atoms with Gasteiger partial charge >= 0.3 is 0 Å². The Labute approximate surface area is 58.1 Å². The number of hydrogen-bond donors (Lipinski definition) is 1. The maximum Gasteiger partial charge on any atom is 0.175 e. The predicted octanol–water partition coefficient (Wildman–Crippen LogP) is 1.07. The van der Waals surface area contributed by atoms with Crippen LogP contribution in [-0.4, -0.2) is 15.0 Å². The van der Waals surface area contributed by atoms with Crippen molar-refractivity contribution in [1.29, 1.82) is 0 Å². The van der Waals surface area contributed by atoms with Gasteiger partial charge in [0.25, 0.3) is 0 Å². The second-order valence-electron chi connectivity index (χ2n) is 2.17. The molecule has 2 rings (SSSR count). The Kier molecular flexibility index (Phi) is 0.974. The normalized spacial score (nSPS) is 10.5. The number of aryl methyl sites for hydroxylation is 1. The van der Waals surface area contributed by atoms with E-state index < -0.39 is 0 Å². The van der Waals surface area contributed by atoms with Gasteiger partial charge in [-0.2, -0.15) is 0 Å². The summed E-state index contributed by atoms with van der Waals surface area (Å²) >= 11 is 0. The second-order valence-corrected chi connectivity index (χ2v) is 2.17. The Morgan fingerprint density at radius 3 is 3.30 bits per heavy atom. The van der Waals surface area contributed by atoms with Crippen LogP contribution in [0.2, 0.25) is 0 Å². The van der Waals surface area contributed by atoms with Crippen LogP contribution in [0.4, 0.5) is 0 Å². The van der Waals surface area contributed by atoms with Crippen LogP contribution in [0, 0.1) is 13.3 Å². The van der Waals surface area contributed by atoms with Crippen molar-refractivity contribution in [2.24, 2.45) is 0 Å². The first kappa shape index (κ1) is 5.41. The summed E-state index contributed by atoms with van der Waals surface area (Å²) in [5, 5.41) is 0. The molecular weight excluding hydrogens is 126 g/mol. The molecule has 1 N–H and O–H groups in total. The number of pyridine rings is 1. The van der Waals surface area contributed by atoms with Gasteiger partial charge < -0.3 is 4.98 Å². The molecule has 49 valence electrons. The fraction of sp³-hybridized carbons (Fsp3) is 0.143. The SMILES string of the molecule is Cc1ccnc2[nH][c]nc12. The molecule has 2 aromatic rings. The third kappa shape index (κ3) is 0.603. The van der Waals surface area contributed by atoms with Gasteiger partial charge in [-0.25, -0.2) is 9.97 Å². The van der Waals surface area contributed by atoms with Gasteiger partial charge in [0.15, 0.2) is 12.0 Å². The van der Waals surface area contributed by atoms with Crippen LogP contribution in [-0.2, 0) is 0 Å². The fourth-order valence-corrected chi connectivity index (χ4v) is 0.920. The van der Waals surface area contributed by atoms with E-state index in [4.69, 9.17) is 0 Å². The number of nitrogens with one attached hydrogen (secondary N) is 1. The summed E-state index contributed by atoms with van der Waals surface area (Å²) in [4.78, 5) is 10.8. The molecule has 0 saturated carbocycles. The van der Waals surface area contributed by atoms with Crippen LogP contribution >= 0.6 is 0 Å². The lowest BCUT2D eigenvalue weighted by molar-refractivity contribution is 1.28. The van der Waals surface area contributed by atoms with Gasteiger partial charge in [0.1, 0.15) is 5.52 Å². The largest absolute Gasteiger partial charge is 0.320 e. The molecule has 3 heteroatoms. The van der Waals surface area contributed by atoms with E-state index in [1.54, 1.807) is 6.20 Å². The molecular formula is C7H6N3. The van der Waals surface area contributed by atoms with E-state index in [9.17, 15) is 0 Å². The van der Waals surface area contributed by atoms with Gasteiger partial charge in [-0.3, -0.25) is 0 Å². The third-order valence-corrected chi connectivity index (χ3v) is 1.47. The second kappa shape index (κ2) is 1.80. The molecule has 2 heterocycles. The first-order valence-electron chi connectivity index (χ1n) is 3.05. The maximum absolute atomic E-state index is 4.05. The summed E-state index contributed by atoms with van der Waals surface area (Å²) in [5.41, 5.74) is 2.84. The standard InChI is InChI=1S/C7H6N3/c1-5-2-3-8-7-6(5)9-4-10-7/h2-3H,1H3,(H,8,9,10). The van der Waals surface area contributed by atoms with Gasteiger partial charge in [0, 0.05) is 6.20 Å². The minimum atomic E-state index is 0.806. The Balaban J connectivity index is 2.95. The van der Waals surface area contributed by atoms with Crippen molar-refractivity contribution in [3.8, 4) is 0 Å². The number of H-pyrrole nitrogens is 1. The van der Waals surface area contributed by atoms with Crippen molar-refractivity contribution >= 4 is 11.2 Å². The topological polar surface area (TPSA) is 41.6 Å². The molecule has 0 spiro atoms. The zero-order chi connectivity index (χ0) is 6.97. The molecule has 0 aromatic carbocycles. The average molecular weight is 132 g/mol. The van der Waals surface area contributed by atoms with Crippen molar-refractivity contribution < 1.29 is 0 Å². The van der Waals surface area contributed by atoms with Crippen LogP contribution in [0.25, 0.3) is 11.2 Å². The average Bonchev–Trinajstić information content (AvgIpc) is 2.36. The Morgan fingerprint density at radius 1 is 1.60 bits per heavy atom. The van der Waals surface area contributed by atoms with E-state index in [1.165, 1.54) is 0 Å². The van der Waals surface area contributed by atoms with Gasteiger partial charge in [-0.1, -0.05) is 0 Å². The summed E-state index contributed by atoms with van der Waals surface area (Å²) in [6.45, 7) is 2.00. The predicted molar refractivity (Wildman–Crippen MR) is 37.5 cm³/mol. The molecule has 0 aliphatic rings. The monoisotopic (exact) mass is 132 g/mol. The number of nitrogens with zero attached hydrogens (tertiary/aromatic N) is 2. The molecule has 0 fully saturated rings. The quantitative estimate of drug-likeness (QED) is 0.582. The van der Waals surface area contributed by atoms with Crippen molar-refractivity contribution in [1.82, 2.24) is 15.0 Å². The summed E-state index contributed by atoms with van der Waals surface area (Å²) in [6, 6.07) is 1.93. The Hall–Kier alpha value is -1.38. The molecule has 0 unspecified atom stereocenters. The number of aromatic amines is 1. The van der Waals surface area contributed by atoms with Crippen LogP contribution in [0.15, 0.2) is 12.3 Å². The highest BCUT2D eigenvalue weighted by molar-refractivity contribution is 5.73. The summed E-state index contributed by atoms with van der Waals surface area (Å²) in [5.74, 6) is 0. The highest BCUT2D eigenvalue weighted by Crippen LogP contribution is 2.08. The van der Waals surface area contributed by atoms with Crippen LogP contribution < -0.4 is 0 Å². The molecule has 3 nitrogen and oxygen atoms in total. The maximum atomic E-state index is 4.05. The zero-order valence-corrected chi connectivity index (χ0v) is 5.55. The molecule has 1 radical (unpaired) electrons. The fourth-order valence-electron chi connectivity index (χ4n) is 0.920. The minimum Gasteiger partial charge on any atom is -0.320 e.